The van der Waals surface area contributed by atoms with Crippen LogP contribution in [-0.2, 0) is 11.1 Å². The second-order valence-corrected chi connectivity index (χ2v) is 10.1. The molecule has 0 aliphatic heterocycles. The first kappa shape index (κ1) is 20.6. The molecule has 164 valence electrons. The first-order valence-electron chi connectivity index (χ1n) is 10.7. The van der Waals surface area contributed by atoms with E-state index in [1.165, 1.54) is 6.20 Å². The van der Waals surface area contributed by atoms with Crippen LogP contribution in [0.4, 0.5) is 0 Å². The van der Waals surface area contributed by atoms with E-state index < -0.39 is 22.1 Å². The Morgan fingerprint density at radius 3 is 2.45 bits per heavy atom. The van der Waals surface area contributed by atoms with Gasteiger partial charge in [0.25, 0.3) is 5.91 Å². The van der Waals surface area contributed by atoms with Gasteiger partial charge in [-0.15, -0.1) is 0 Å². The molecule has 4 saturated carbocycles. The first-order chi connectivity index (χ1) is 14.9. The van der Waals surface area contributed by atoms with Crippen LogP contribution in [0.5, 0.6) is 5.75 Å². The lowest BCUT2D eigenvalue weighted by Crippen LogP contribution is -2.61. The zero-order valence-electron chi connectivity index (χ0n) is 17.0. The highest BCUT2D eigenvalue weighted by molar-refractivity contribution is 7.79. The zero-order valence-corrected chi connectivity index (χ0v) is 17.8. The molecule has 4 fully saturated rings. The summed E-state index contributed by atoms with van der Waals surface area (Å²) in [5.41, 5.74) is -0.957. The third kappa shape index (κ3) is 4.12. The second kappa shape index (κ2) is 8.00. The molecule has 1 amide bonds. The number of aromatic nitrogens is 1. The molecule has 0 spiro atoms. The van der Waals surface area contributed by atoms with Gasteiger partial charge in [-0.2, -0.15) is 0 Å². The Hall–Kier alpha value is -2.29. The molecular weight excluding hydrogens is 416 g/mol. The van der Waals surface area contributed by atoms with E-state index in [1.807, 2.05) is 0 Å². The molecule has 6 rings (SSSR count). The summed E-state index contributed by atoms with van der Waals surface area (Å²) in [6.07, 6.45) is 6.14. The normalized spacial score (nSPS) is 33.0. The average molecular weight is 442 g/mol. The van der Waals surface area contributed by atoms with Gasteiger partial charge in [-0.3, -0.25) is 14.0 Å². The van der Waals surface area contributed by atoms with Gasteiger partial charge in [-0.05, 0) is 97.3 Å². The van der Waals surface area contributed by atoms with E-state index in [2.05, 4.69) is 10.3 Å². The van der Waals surface area contributed by atoms with E-state index in [-0.39, 0.29) is 11.9 Å². The summed E-state index contributed by atoms with van der Waals surface area (Å²) in [6, 6.07) is 11.6. The molecule has 2 aromatic rings. The van der Waals surface area contributed by atoms with Crippen molar-refractivity contribution in [2.45, 2.75) is 49.2 Å². The Morgan fingerprint density at radius 1 is 1.16 bits per heavy atom. The van der Waals surface area contributed by atoms with Gasteiger partial charge in [0.1, 0.15) is 5.75 Å². The van der Waals surface area contributed by atoms with Gasteiger partial charge in [0.05, 0.1) is 11.3 Å². The minimum absolute atomic E-state index is 0.108. The SMILES string of the molecule is O=C(NC1C2CC3CC1CC(O)(C3)C2)c1ccc(OC(c2ccccn2)S(=O)[O-])cc1. The highest BCUT2D eigenvalue weighted by atomic mass is 32.2. The van der Waals surface area contributed by atoms with Gasteiger partial charge in [0, 0.05) is 17.8 Å². The fourth-order valence-electron chi connectivity index (χ4n) is 5.97. The predicted molar refractivity (Wildman–Crippen MR) is 113 cm³/mol. The predicted octanol–water partition coefficient (Wildman–Crippen LogP) is 2.71. The number of amides is 1. The Balaban J connectivity index is 1.25. The maximum absolute atomic E-state index is 12.9. The second-order valence-electron chi connectivity index (χ2n) is 9.18. The van der Waals surface area contributed by atoms with Gasteiger partial charge < -0.3 is 19.7 Å². The summed E-state index contributed by atoms with van der Waals surface area (Å²) < 4.78 is 28.8. The van der Waals surface area contributed by atoms with Gasteiger partial charge >= 0.3 is 0 Å². The number of carbonyl (C=O) groups is 1. The van der Waals surface area contributed by atoms with Crippen molar-refractivity contribution in [2.24, 2.45) is 17.8 Å². The molecule has 4 atom stereocenters. The molecule has 4 aliphatic rings. The quantitative estimate of drug-likeness (QED) is 0.667. The van der Waals surface area contributed by atoms with Crippen molar-refractivity contribution in [3.05, 3.63) is 59.9 Å². The van der Waals surface area contributed by atoms with Crippen molar-refractivity contribution in [2.75, 3.05) is 0 Å². The van der Waals surface area contributed by atoms with Gasteiger partial charge in [0.2, 0.25) is 5.44 Å². The number of hydrogen-bond donors (Lipinski definition) is 2. The minimum atomic E-state index is -2.51. The standard InChI is InChI=1S/C23H26N2O5S/c26-21(25-20-16-9-14-10-17(20)13-23(27,11-14)12-16)15-4-6-18(7-5-15)30-22(31(28)29)19-3-1-2-8-24-19/h1-8,14,16-17,20,22,27H,9-13H2,(H,25,26)(H,28,29)/p-1. The number of nitrogens with zero attached hydrogens (tertiary/aromatic N) is 1. The summed E-state index contributed by atoms with van der Waals surface area (Å²) in [5.74, 6) is 1.46. The number of nitrogens with one attached hydrogen (secondary N) is 1. The lowest BCUT2D eigenvalue weighted by molar-refractivity contribution is -0.136. The van der Waals surface area contributed by atoms with E-state index in [9.17, 15) is 18.7 Å². The molecule has 8 heteroatoms. The van der Waals surface area contributed by atoms with Gasteiger partial charge in [0.15, 0.2) is 0 Å². The molecule has 2 N–H and O–H groups in total. The van der Waals surface area contributed by atoms with Crippen molar-refractivity contribution in [1.82, 2.24) is 10.3 Å². The van der Waals surface area contributed by atoms with Crippen LogP contribution in [0, 0.1) is 17.8 Å². The highest BCUT2D eigenvalue weighted by Gasteiger charge is 2.55. The Morgan fingerprint density at radius 2 is 1.87 bits per heavy atom. The zero-order chi connectivity index (χ0) is 21.6. The lowest BCUT2D eigenvalue weighted by Gasteiger charge is -2.58. The van der Waals surface area contributed by atoms with Crippen LogP contribution in [0.1, 0.15) is 53.6 Å². The molecule has 0 radical (unpaired) electrons. The van der Waals surface area contributed by atoms with Gasteiger partial charge in [-0.1, -0.05) is 6.07 Å². The number of ether oxygens (including phenoxy) is 1. The summed E-state index contributed by atoms with van der Waals surface area (Å²) in [6.45, 7) is 0. The van der Waals surface area contributed by atoms with Crippen LogP contribution in [-0.4, -0.2) is 36.4 Å². The third-order valence-electron chi connectivity index (χ3n) is 7.00. The third-order valence-corrected chi connectivity index (χ3v) is 7.69. The van der Waals surface area contributed by atoms with E-state index in [0.717, 1.165) is 32.1 Å². The molecule has 4 unspecified atom stereocenters. The molecule has 0 saturated heterocycles. The van der Waals surface area contributed by atoms with E-state index in [1.54, 1.807) is 42.5 Å². The summed E-state index contributed by atoms with van der Waals surface area (Å²) >= 11 is -2.51. The number of carbonyl (C=O) groups excluding carboxylic acids is 1. The molecule has 4 bridgehead atoms. The van der Waals surface area contributed by atoms with Crippen LogP contribution in [0.15, 0.2) is 48.7 Å². The summed E-state index contributed by atoms with van der Waals surface area (Å²) in [4.78, 5) is 16.9. The maximum atomic E-state index is 12.9. The Labute approximate surface area is 183 Å². The van der Waals surface area contributed by atoms with Crippen molar-refractivity contribution < 1.29 is 23.4 Å². The van der Waals surface area contributed by atoms with Crippen LogP contribution < -0.4 is 10.1 Å². The maximum Gasteiger partial charge on any atom is 0.251 e. The smallest absolute Gasteiger partial charge is 0.251 e. The highest BCUT2D eigenvalue weighted by Crippen LogP contribution is 2.55. The molecule has 1 aromatic carbocycles. The summed E-state index contributed by atoms with van der Waals surface area (Å²) in [7, 11) is 0. The monoisotopic (exact) mass is 441 g/mol. The molecule has 7 nitrogen and oxygen atoms in total. The molecular formula is C23H25N2O5S-. The first-order valence-corrected chi connectivity index (χ1v) is 11.8. The fourth-order valence-corrected chi connectivity index (χ4v) is 6.50. The van der Waals surface area contributed by atoms with Crippen LogP contribution in [0.25, 0.3) is 0 Å². The van der Waals surface area contributed by atoms with Crippen molar-refractivity contribution >= 4 is 17.0 Å². The minimum Gasteiger partial charge on any atom is -0.769 e. The van der Waals surface area contributed by atoms with Crippen LogP contribution in [0.3, 0.4) is 0 Å². The molecule has 4 aliphatic carbocycles. The Kier molecular flexibility index (Phi) is 5.32. The molecule has 1 heterocycles. The van der Waals surface area contributed by atoms with Crippen LogP contribution >= 0.6 is 0 Å². The van der Waals surface area contributed by atoms with E-state index in [0.29, 0.717) is 34.8 Å². The van der Waals surface area contributed by atoms with E-state index >= 15 is 0 Å². The van der Waals surface area contributed by atoms with Crippen molar-refractivity contribution in [3.63, 3.8) is 0 Å². The molecule has 1 aromatic heterocycles. The number of benzene rings is 1. The fraction of sp³-hybridized carbons (Fsp3) is 0.478. The lowest BCUT2D eigenvalue weighted by atomic mass is 9.52. The largest absolute Gasteiger partial charge is 0.769 e. The van der Waals surface area contributed by atoms with Crippen molar-refractivity contribution in [1.29, 1.82) is 0 Å². The van der Waals surface area contributed by atoms with Crippen LogP contribution in [0.2, 0.25) is 0 Å². The number of aliphatic hydroxyl groups is 1. The van der Waals surface area contributed by atoms with E-state index in [4.69, 9.17) is 4.74 Å². The number of hydrogen-bond acceptors (Lipinski definition) is 6. The van der Waals surface area contributed by atoms with Gasteiger partial charge in [-0.25, -0.2) is 0 Å². The van der Waals surface area contributed by atoms with Crippen molar-refractivity contribution in [3.8, 4) is 5.75 Å². The molecule has 31 heavy (non-hydrogen) atoms. The number of pyridine rings is 1. The average Bonchev–Trinajstić information content (AvgIpc) is 2.74. The number of rotatable bonds is 6. The Bertz CT molecular complexity index is 967. The topological polar surface area (TPSA) is 112 Å². The summed E-state index contributed by atoms with van der Waals surface area (Å²) in [5, 5.41) is 13.9.